The van der Waals surface area contributed by atoms with Gasteiger partial charge in [-0.3, -0.25) is 9.59 Å². The Hall–Kier alpha value is -3.04. The molecule has 1 heterocycles. The molecule has 0 aliphatic rings. The lowest BCUT2D eigenvalue weighted by molar-refractivity contribution is -0.105. The zero-order valence-electron chi connectivity index (χ0n) is 13.8. The summed E-state index contributed by atoms with van der Waals surface area (Å²) in [6.45, 7) is 0.167. The van der Waals surface area contributed by atoms with Crippen LogP contribution >= 0.6 is 11.6 Å². The Bertz CT molecular complexity index is 952. The van der Waals surface area contributed by atoms with Crippen molar-refractivity contribution in [2.24, 2.45) is 0 Å². The van der Waals surface area contributed by atoms with Gasteiger partial charge in [-0.05, 0) is 36.4 Å². The first-order valence-electron chi connectivity index (χ1n) is 7.44. The second-order valence-electron chi connectivity index (χ2n) is 5.51. The van der Waals surface area contributed by atoms with E-state index in [1.165, 1.54) is 12.2 Å². The van der Waals surface area contributed by atoms with E-state index in [2.05, 4.69) is 10.3 Å². The molecule has 0 bridgehead atoms. The van der Waals surface area contributed by atoms with Crippen molar-refractivity contribution in [1.29, 1.82) is 5.26 Å². The Morgan fingerprint density at radius 2 is 2.12 bits per heavy atom. The summed E-state index contributed by atoms with van der Waals surface area (Å²) in [5, 5.41) is 13.3. The fourth-order valence-electron chi connectivity index (χ4n) is 2.15. The zero-order valence-corrected chi connectivity index (χ0v) is 14.6. The van der Waals surface area contributed by atoms with E-state index in [1.54, 1.807) is 43.3 Å². The fraction of sp³-hybridized carbons (Fsp3) is 0.167. The Kier molecular flexibility index (Phi) is 5.98. The van der Waals surface area contributed by atoms with Gasteiger partial charge in [0.1, 0.15) is 11.8 Å². The smallest absolute Gasteiger partial charge is 0.253 e. The molecule has 1 aromatic heterocycles. The second-order valence-corrected chi connectivity index (χ2v) is 5.94. The van der Waals surface area contributed by atoms with Crippen LogP contribution in [-0.2, 0) is 11.3 Å². The fourth-order valence-corrected chi connectivity index (χ4v) is 2.33. The van der Waals surface area contributed by atoms with Crippen LogP contribution in [0.2, 0.25) is 5.02 Å². The molecule has 2 rings (SSSR count). The molecule has 0 aliphatic carbocycles. The van der Waals surface area contributed by atoms with Gasteiger partial charge in [-0.1, -0.05) is 11.6 Å². The number of benzene rings is 1. The maximum Gasteiger partial charge on any atom is 0.253 e. The van der Waals surface area contributed by atoms with Gasteiger partial charge in [-0.2, -0.15) is 5.26 Å². The summed E-state index contributed by atoms with van der Waals surface area (Å²) < 4.78 is 0. The van der Waals surface area contributed by atoms with E-state index in [1.807, 2.05) is 6.07 Å². The number of aromatic amines is 1. The Morgan fingerprint density at radius 1 is 1.36 bits per heavy atom. The van der Waals surface area contributed by atoms with Crippen LogP contribution in [0, 0.1) is 11.3 Å². The molecule has 128 valence electrons. The average Bonchev–Trinajstić information content (AvgIpc) is 2.58. The molecule has 0 atom stereocenters. The van der Waals surface area contributed by atoms with E-state index in [-0.39, 0.29) is 17.8 Å². The highest BCUT2D eigenvalue weighted by molar-refractivity contribution is 6.31. The molecule has 6 nitrogen and oxygen atoms in total. The molecule has 0 radical (unpaired) electrons. The molecule has 1 aromatic carbocycles. The first-order chi connectivity index (χ1) is 11.9. The van der Waals surface area contributed by atoms with E-state index in [0.717, 1.165) is 5.39 Å². The van der Waals surface area contributed by atoms with Crippen LogP contribution < -0.4 is 10.9 Å². The molecule has 2 N–H and O–H groups in total. The van der Waals surface area contributed by atoms with Crippen molar-refractivity contribution in [2.45, 2.75) is 6.54 Å². The normalized spacial score (nSPS) is 11.9. The largest absolute Gasteiger partial charge is 0.378 e. The van der Waals surface area contributed by atoms with E-state index >= 15 is 0 Å². The van der Waals surface area contributed by atoms with Crippen molar-refractivity contribution < 1.29 is 4.79 Å². The maximum atomic E-state index is 12.1. The Balaban J connectivity index is 2.23. The predicted octanol–water partition coefficient (Wildman–Crippen LogP) is 2.32. The quantitative estimate of drug-likeness (QED) is 0.359. The predicted molar refractivity (Wildman–Crippen MR) is 97.9 cm³/mol. The zero-order chi connectivity index (χ0) is 18.4. The number of nitrogens with zero attached hydrogens (tertiary/aromatic N) is 2. The summed E-state index contributed by atoms with van der Waals surface area (Å²) in [6, 6.07) is 8.95. The average molecular weight is 357 g/mol. The van der Waals surface area contributed by atoms with Crippen LogP contribution in [0.25, 0.3) is 10.9 Å². The van der Waals surface area contributed by atoms with Crippen LogP contribution in [0.15, 0.2) is 52.6 Å². The molecule has 7 heteroatoms. The molecule has 0 aliphatic heterocycles. The van der Waals surface area contributed by atoms with Gasteiger partial charge in [0.05, 0.1) is 5.70 Å². The highest BCUT2D eigenvalue weighted by Crippen LogP contribution is 2.17. The summed E-state index contributed by atoms with van der Waals surface area (Å²) in [4.78, 5) is 27.7. The molecule has 0 unspecified atom stereocenters. The number of aromatic nitrogens is 1. The first-order valence-corrected chi connectivity index (χ1v) is 7.82. The van der Waals surface area contributed by atoms with Crippen molar-refractivity contribution in [3.63, 3.8) is 0 Å². The molecule has 25 heavy (non-hydrogen) atoms. The Labute approximate surface area is 150 Å². The third-order valence-electron chi connectivity index (χ3n) is 3.51. The number of carbonyl (C=O) groups excluding carboxylic acids is 1. The molecule has 0 amide bonds. The SMILES string of the molecule is CN(C)/C(C#N)=C\C=C(/C=O)NCc1cc2cc(Cl)ccc2[nH]c1=O. The van der Waals surface area contributed by atoms with Crippen molar-refractivity contribution in [3.8, 4) is 6.07 Å². The molecule has 0 spiro atoms. The summed E-state index contributed by atoms with van der Waals surface area (Å²) in [5.41, 5.74) is 1.59. The molecule has 2 aromatic rings. The minimum absolute atomic E-state index is 0.167. The maximum absolute atomic E-state index is 12.1. The van der Waals surface area contributed by atoms with Gasteiger partial charge >= 0.3 is 0 Å². The van der Waals surface area contributed by atoms with Gasteiger partial charge in [-0.15, -0.1) is 0 Å². The number of hydrogen-bond donors (Lipinski definition) is 2. The lowest BCUT2D eigenvalue weighted by Gasteiger charge is -2.09. The number of allylic oxidation sites excluding steroid dienone is 4. The molecular formula is C18H17ClN4O2. The van der Waals surface area contributed by atoms with Crippen LogP contribution in [0.3, 0.4) is 0 Å². The number of rotatable bonds is 6. The lowest BCUT2D eigenvalue weighted by atomic mass is 10.1. The van der Waals surface area contributed by atoms with Gasteiger partial charge in [0, 0.05) is 42.1 Å². The van der Waals surface area contributed by atoms with Crippen LogP contribution in [-0.4, -0.2) is 30.3 Å². The molecule has 0 fully saturated rings. The first kappa shape index (κ1) is 18.3. The number of halogens is 1. The monoisotopic (exact) mass is 356 g/mol. The minimum atomic E-state index is -0.242. The highest BCUT2D eigenvalue weighted by atomic mass is 35.5. The van der Waals surface area contributed by atoms with E-state index in [9.17, 15) is 9.59 Å². The number of carbonyl (C=O) groups is 1. The standard InChI is InChI=1S/C18H17ClN4O2/c1-23(2)16(9-20)5-4-15(11-24)21-10-13-7-12-8-14(19)3-6-17(12)22-18(13)25/h3-8,11,21H,10H2,1-2H3,(H,22,25)/b15-4+,16-5-. The molecule has 0 saturated heterocycles. The van der Waals surface area contributed by atoms with Crippen LogP contribution in [0.4, 0.5) is 0 Å². The van der Waals surface area contributed by atoms with Crippen LogP contribution in [0.1, 0.15) is 5.56 Å². The minimum Gasteiger partial charge on any atom is -0.378 e. The summed E-state index contributed by atoms with van der Waals surface area (Å²) in [5.74, 6) is 0. The van der Waals surface area contributed by atoms with E-state index in [0.29, 0.717) is 28.1 Å². The molecule has 0 saturated carbocycles. The topological polar surface area (TPSA) is 89.0 Å². The van der Waals surface area contributed by atoms with Gasteiger partial charge < -0.3 is 15.2 Å². The van der Waals surface area contributed by atoms with Crippen molar-refractivity contribution in [3.05, 3.63) is 68.8 Å². The summed E-state index contributed by atoms with van der Waals surface area (Å²) in [6.07, 6.45) is 3.66. The number of H-pyrrole nitrogens is 1. The summed E-state index contributed by atoms with van der Waals surface area (Å²) >= 11 is 5.97. The number of fused-ring (bicyclic) bond motifs is 1. The van der Waals surface area contributed by atoms with Crippen LogP contribution in [0.5, 0.6) is 0 Å². The summed E-state index contributed by atoms with van der Waals surface area (Å²) in [7, 11) is 3.47. The van der Waals surface area contributed by atoms with Gasteiger partial charge in [-0.25, -0.2) is 0 Å². The molecular weight excluding hydrogens is 340 g/mol. The van der Waals surface area contributed by atoms with E-state index in [4.69, 9.17) is 16.9 Å². The highest BCUT2D eigenvalue weighted by Gasteiger charge is 2.05. The number of aldehydes is 1. The van der Waals surface area contributed by atoms with Gasteiger partial charge in [0.25, 0.3) is 5.56 Å². The number of pyridine rings is 1. The second kappa shape index (κ2) is 8.18. The van der Waals surface area contributed by atoms with Crippen molar-refractivity contribution in [2.75, 3.05) is 14.1 Å². The number of hydrogen-bond acceptors (Lipinski definition) is 5. The van der Waals surface area contributed by atoms with Gasteiger partial charge in [0.15, 0.2) is 6.29 Å². The van der Waals surface area contributed by atoms with Gasteiger partial charge in [0.2, 0.25) is 0 Å². The number of nitrogens with one attached hydrogen (secondary N) is 2. The third kappa shape index (κ3) is 4.72. The van der Waals surface area contributed by atoms with E-state index < -0.39 is 0 Å². The van der Waals surface area contributed by atoms with Crippen molar-refractivity contribution in [1.82, 2.24) is 15.2 Å². The van der Waals surface area contributed by atoms with Crippen molar-refractivity contribution >= 4 is 28.8 Å². The lowest BCUT2D eigenvalue weighted by Crippen LogP contribution is -2.21. The third-order valence-corrected chi connectivity index (χ3v) is 3.75. The Morgan fingerprint density at radius 3 is 2.76 bits per heavy atom. The number of nitriles is 1.